The van der Waals surface area contributed by atoms with E-state index >= 15 is 0 Å². The van der Waals surface area contributed by atoms with Crippen molar-refractivity contribution in [2.75, 3.05) is 13.7 Å². The molecule has 0 saturated carbocycles. The quantitative estimate of drug-likeness (QED) is 0.804. The van der Waals surface area contributed by atoms with Crippen LogP contribution in [0, 0.1) is 0 Å². The molecular formula is C11H11BrO3S. The Balaban J connectivity index is 2.19. The number of methoxy groups -OCH3 is 1. The number of hydrogen-bond donors (Lipinski definition) is 0. The van der Waals surface area contributed by atoms with Crippen molar-refractivity contribution >= 4 is 33.7 Å². The van der Waals surface area contributed by atoms with Gasteiger partial charge in [-0.3, -0.25) is 4.79 Å². The Hall–Kier alpha value is -0.680. The van der Waals surface area contributed by atoms with E-state index in [1.165, 1.54) is 11.8 Å². The number of thioether (sulfide) groups is 1. The zero-order valence-corrected chi connectivity index (χ0v) is 11.1. The lowest BCUT2D eigenvalue weighted by atomic mass is 10.3. The summed E-state index contributed by atoms with van der Waals surface area (Å²) in [5.41, 5.74) is 0. The summed E-state index contributed by atoms with van der Waals surface area (Å²) in [6.45, 7) is 0.521. The maximum absolute atomic E-state index is 11.4. The van der Waals surface area contributed by atoms with Crippen LogP contribution in [0.2, 0.25) is 0 Å². The molecule has 0 bridgehead atoms. The van der Waals surface area contributed by atoms with Gasteiger partial charge in [0.05, 0.1) is 18.6 Å². The number of ether oxygens (including phenoxy) is 2. The Morgan fingerprint density at radius 2 is 2.38 bits per heavy atom. The molecule has 0 amide bonds. The Morgan fingerprint density at radius 3 is 3.00 bits per heavy atom. The van der Waals surface area contributed by atoms with Gasteiger partial charge in [0.1, 0.15) is 11.0 Å². The van der Waals surface area contributed by atoms with Crippen LogP contribution in [0.25, 0.3) is 0 Å². The number of halogens is 1. The topological polar surface area (TPSA) is 35.5 Å². The molecule has 3 nitrogen and oxygen atoms in total. The zero-order valence-electron chi connectivity index (χ0n) is 8.73. The maximum atomic E-state index is 11.4. The lowest BCUT2D eigenvalue weighted by molar-refractivity contribution is -0.137. The molecule has 1 saturated heterocycles. The van der Waals surface area contributed by atoms with Crippen LogP contribution in [0.15, 0.2) is 27.6 Å². The van der Waals surface area contributed by atoms with Crippen LogP contribution < -0.4 is 4.74 Å². The molecule has 1 fully saturated rings. The van der Waals surface area contributed by atoms with E-state index in [1.807, 2.05) is 18.2 Å². The van der Waals surface area contributed by atoms with E-state index in [0.717, 1.165) is 21.5 Å². The van der Waals surface area contributed by atoms with Gasteiger partial charge in [0.15, 0.2) is 0 Å². The second kappa shape index (κ2) is 5.10. The predicted molar refractivity (Wildman–Crippen MR) is 65.9 cm³/mol. The molecule has 0 spiro atoms. The first-order valence-corrected chi connectivity index (χ1v) is 6.55. The second-order valence-corrected chi connectivity index (χ2v) is 5.52. The smallest absolute Gasteiger partial charge is 0.319 e. The van der Waals surface area contributed by atoms with Crippen LogP contribution in [0.1, 0.15) is 6.42 Å². The number of hydrogen-bond acceptors (Lipinski definition) is 4. The lowest BCUT2D eigenvalue weighted by Gasteiger charge is -2.10. The molecule has 5 heteroatoms. The van der Waals surface area contributed by atoms with Gasteiger partial charge in [0, 0.05) is 10.9 Å². The fourth-order valence-corrected chi connectivity index (χ4v) is 3.14. The van der Waals surface area contributed by atoms with Gasteiger partial charge in [-0.15, -0.1) is 11.8 Å². The third-order valence-corrected chi connectivity index (χ3v) is 4.06. The van der Waals surface area contributed by atoms with Crippen molar-refractivity contribution in [3.63, 3.8) is 0 Å². The standard InChI is InChI=1S/C11H11BrO3S/c1-14-8-3-2-7(12)6-10(8)16-9-4-5-15-11(9)13/h2-3,6,9H,4-5H2,1H3/t9-/m0/s1. The molecule has 0 unspecified atom stereocenters. The molecular weight excluding hydrogens is 292 g/mol. The summed E-state index contributed by atoms with van der Waals surface area (Å²) in [5, 5.41) is -0.108. The monoisotopic (exact) mass is 302 g/mol. The van der Waals surface area contributed by atoms with Gasteiger partial charge in [0.25, 0.3) is 0 Å². The predicted octanol–water partition coefficient (Wildman–Crippen LogP) is 2.87. The van der Waals surface area contributed by atoms with Crippen LogP contribution in [-0.4, -0.2) is 24.9 Å². The Labute approximate surface area is 107 Å². The highest BCUT2D eigenvalue weighted by Crippen LogP contribution is 2.37. The Morgan fingerprint density at radius 1 is 1.56 bits per heavy atom. The fraction of sp³-hybridized carbons (Fsp3) is 0.364. The molecule has 0 radical (unpaired) electrons. The second-order valence-electron chi connectivity index (χ2n) is 3.36. The Bertz CT molecular complexity index is 408. The average molecular weight is 303 g/mol. The lowest BCUT2D eigenvalue weighted by Crippen LogP contribution is -2.09. The van der Waals surface area contributed by atoms with Gasteiger partial charge in [-0.2, -0.15) is 0 Å². The summed E-state index contributed by atoms with van der Waals surface area (Å²) in [6, 6.07) is 5.75. The van der Waals surface area contributed by atoms with E-state index in [0.29, 0.717) is 6.61 Å². The van der Waals surface area contributed by atoms with E-state index in [2.05, 4.69) is 15.9 Å². The molecule has 0 N–H and O–H groups in total. The molecule has 1 atom stereocenters. The SMILES string of the molecule is COc1ccc(Br)cc1S[C@H]1CCOC1=O. The summed E-state index contributed by atoms with van der Waals surface area (Å²) in [6.07, 6.45) is 0.763. The summed E-state index contributed by atoms with van der Waals surface area (Å²) < 4.78 is 11.2. The van der Waals surface area contributed by atoms with Crippen molar-refractivity contribution < 1.29 is 14.3 Å². The summed E-state index contributed by atoms with van der Waals surface area (Å²) in [4.78, 5) is 12.3. The third-order valence-electron chi connectivity index (χ3n) is 2.28. The summed E-state index contributed by atoms with van der Waals surface area (Å²) in [7, 11) is 1.63. The van der Waals surface area contributed by atoms with Crippen molar-refractivity contribution in [1.29, 1.82) is 0 Å². The molecule has 86 valence electrons. The molecule has 16 heavy (non-hydrogen) atoms. The highest BCUT2D eigenvalue weighted by molar-refractivity contribution is 9.10. The number of benzene rings is 1. The first kappa shape index (κ1) is 11.8. The van der Waals surface area contributed by atoms with Gasteiger partial charge in [-0.25, -0.2) is 0 Å². The fourth-order valence-electron chi connectivity index (χ4n) is 1.48. The highest BCUT2D eigenvalue weighted by atomic mass is 79.9. The minimum absolute atomic E-state index is 0.108. The molecule has 1 aliphatic rings. The van der Waals surface area contributed by atoms with E-state index in [-0.39, 0.29) is 11.2 Å². The van der Waals surface area contributed by atoms with Crippen LogP contribution >= 0.6 is 27.7 Å². The average Bonchev–Trinajstić information content (AvgIpc) is 2.65. The molecule has 0 aliphatic carbocycles. The molecule has 0 aromatic heterocycles. The van der Waals surface area contributed by atoms with Crippen LogP contribution in [0.3, 0.4) is 0 Å². The zero-order chi connectivity index (χ0) is 11.5. The van der Waals surface area contributed by atoms with Crippen LogP contribution in [0.4, 0.5) is 0 Å². The number of carbonyl (C=O) groups excluding carboxylic acids is 1. The Kier molecular flexibility index (Phi) is 3.76. The molecule has 1 aliphatic heterocycles. The summed E-state index contributed by atoms with van der Waals surface area (Å²) >= 11 is 4.90. The van der Waals surface area contributed by atoms with Gasteiger partial charge in [0.2, 0.25) is 0 Å². The van der Waals surface area contributed by atoms with Crippen molar-refractivity contribution in [3.05, 3.63) is 22.7 Å². The van der Waals surface area contributed by atoms with Gasteiger partial charge in [-0.1, -0.05) is 15.9 Å². The highest BCUT2D eigenvalue weighted by Gasteiger charge is 2.28. The van der Waals surface area contributed by atoms with Crippen molar-refractivity contribution in [2.45, 2.75) is 16.6 Å². The van der Waals surface area contributed by atoms with Gasteiger partial charge < -0.3 is 9.47 Å². The van der Waals surface area contributed by atoms with Crippen molar-refractivity contribution in [3.8, 4) is 5.75 Å². The first-order chi connectivity index (χ1) is 7.70. The van der Waals surface area contributed by atoms with Crippen LogP contribution in [0.5, 0.6) is 5.75 Å². The largest absolute Gasteiger partial charge is 0.496 e. The minimum atomic E-state index is -0.132. The normalized spacial score (nSPS) is 19.6. The van der Waals surface area contributed by atoms with Crippen molar-refractivity contribution in [2.24, 2.45) is 0 Å². The van der Waals surface area contributed by atoms with Crippen LogP contribution in [-0.2, 0) is 9.53 Å². The number of cyclic esters (lactones) is 1. The molecule has 1 aromatic rings. The summed E-state index contributed by atoms with van der Waals surface area (Å²) in [5.74, 6) is 0.653. The van der Waals surface area contributed by atoms with E-state index in [1.54, 1.807) is 7.11 Å². The third kappa shape index (κ3) is 2.52. The van der Waals surface area contributed by atoms with Gasteiger partial charge >= 0.3 is 5.97 Å². The minimum Gasteiger partial charge on any atom is -0.496 e. The maximum Gasteiger partial charge on any atom is 0.319 e. The van der Waals surface area contributed by atoms with Gasteiger partial charge in [-0.05, 0) is 18.2 Å². The van der Waals surface area contributed by atoms with E-state index in [4.69, 9.17) is 9.47 Å². The molecule has 1 aromatic carbocycles. The van der Waals surface area contributed by atoms with E-state index in [9.17, 15) is 4.79 Å². The number of rotatable bonds is 3. The number of carbonyl (C=O) groups is 1. The number of esters is 1. The van der Waals surface area contributed by atoms with Crippen molar-refractivity contribution in [1.82, 2.24) is 0 Å². The molecule has 2 rings (SSSR count). The molecule has 1 heterocycles. The first-order valence-electron chi connectivity index (χ1n) is 4.87. The van der Waals surface area contributed by atoms with E-state index < -0.39 is 0 Å².